The van der Waals surface area contributed by atoms with E-state index in [2.05, 4.69) is 6.92 Å². The van der Waals surface area contributed by atoms with Gasteiger partial charge in [0.2, 0.25) is 0 Å². The predicted molar refractivity (Wildman–Crippen MR) is 85.9 cm³/mol. The van der Waals surface area contributed by atoms with Gasteiger partial charge in [-0.3, -0.25) is 4.79 Å². The Morgan fingerprint density at radius 1 is 0.857 bits per heavy atom. The van der Waals surface area contributed by atoms with Crippen LogP contribution in [0.25, 0.3) is 0 Å². The lowest BCUT2D eigenvalue weighted by Crippen LogP contribution is -2.48. The molecule has 4 rings (SSSR count). The largest absolute Gasteiger partial charge is 0.300 e. The van der Waals surface area contributed by atoms with Crippen LogP contribution in [0.15, 0.2) is 0 Å². The zero-order chi connectivity index (χ0) is 14.6. The summed E-state index contributed by atoms with van der Waals surface area (Å²) in [7, 11) is 0. The number of hydrogen-bond donors (Lipinski definition) is 0. The maximum atomic E-state index is 12.1. The molecule has 0 bridgehead atoms. The van der Waals surface area contributed by atoms with Gasteiger partial charge in [0.25, 0.3) is 0 Å². The topological polar surface area (TPSA) is 17.1 Å². The number of fused-ring (bicyclic) bond motifs is 5. The molecule has 4 fully saturated rings. The van der Waals surface area contributed by atoms with Crippen molar-refractivity contribution in [1.29, 1.82) is 0 Å². The molecule has 0 aromatic heterocycles. The second kappa shape index (κ2) is 5.10. The lowest BCUT2D eigenvalue weighted by molar-refractivity contribution is -0.128. The van der Waals surface area contributed by atoms with Crippen molar-refractivity contribution in [1.82, 2.24) is 0 Å². The predicted octanol–water partition coefficient (Wildman–Crippen LogP) is 5.23. The highest BCUT2D eigenvalue weighted by molar-refractivity contribution is 5.79. The van der Waals surface area contributed by atoms with Gasteiger partial charge in [0, 0.05) is 5.92 Å². The van der Waals surface area contributed by atoms with Gasteiger partial charge in [-0.2, -0.15) is 0 Å². The molecule has 0 heterocycles. The second-order valence-electron chi connectivity index (χ2n) is 9.01. The minimum atomic E-state index is 0.356. The van der Waals surface area contributed by atoms with Crippen LogP contribution in [0, 0.1) is 40.9 Å². The van der Waals surface area contributed by atoms with Crippen molar-refractivity contribution >= 4 is 5.78 Å². The Balaban J connectivity index is 1.59. The monoisotopic (exact) mass is 288 g/mol. The van der Waals surface area contributed by atoms with Crippen molar-refractivity contribution < 1.29 is 4.79 Å². The van der Waals surface area contributed by atoms with E-state index in [0.29, 0.717) is 17.1 Å². The van der Waals surface area contributed by atoms with E-state index >= 15 is 0 Å². The Morgan fingerprint density at radius 2 is 1.67 bits per heavy atom. The maximum Gasteiger partial charge on any atom is 0.133 e. The second-order valence-corrected chi connectivity index (χ2v) is 9.01. The first kappa shape index (κ1) is 14.3. The molecule has 0 N–H and O–H groups in total. The van der Waals surface area contributed by atoms with Crippen LogP contribution in [0.5, 0.6) is 0 Å². The molecule has 4 saturated carbocycles. The first-order valence-electron chi connectivity index (χ1n) is 9.61. The Labute approximate surface area is 130 Å². The highest BCUT2D eigenvalue weighted by Gasteiger charge is 2.57. The first-order valence-corrected chi connectivity index (χ1v) is 9.61. The molecular formula is C20H32O. The summed E-state index contributed by atoms with van der Waals surface area (Å²) >= 11 is 0. The Bertz CT molecular complexity index is 428. The number of rotatable bonds is 1. The summed E-state index contributed by atoms with van der Waals surface area (Å²) in [5.41, 5.74) is 0.356. The molecule has 0 aromatic carbocycles. The SMILES string of the molecule is CC(=O)[C@H]1CC[C@H]2[C@@H]3CC[C@@H]4CCCC[C@@H]4[C@H]3CCC12C. The van der Waals surface area contributed by atoms with E-state index in [4.69, 9.17) is 0 Å². The van der Waals surface area contributed by atoms with E-state index in [9.17, 15) is 4.79 Å². The summed E-state index contributed by atoms with van der Waals surface area (Å²) in [6.45, 7) is 4.32. The quantitative estimate of drug-likeness (QED) is 0.645. The summed E-state index contributed by atoms with van der Waals surface area (Å²) in [6, 6.07) is 0. The van der Waals surface area contributed by atoms with Crippen LogP contribution in [0.1, 0.15) is 78.1 Å². The molecule has 0 saturated heterocycles. The summed E-state index contributed by atoms with van der Waals surface area (Å²) in [4.78, 5) is 12.1. The fourth-order valence-electron chi connectivity index (χ4n) is 7.50. The van der Waals surface area contributed by atoms with Gasteiger partial charge < -0.3 is 0 Å². The maximum absolute atomic E-state index is 12.1. The molecule has 0 radical (unpaired) electrons. The van der Waals surface area contributed by atoms with Gasteiger partial charge >= 0.3 is 0 Å². The van der Waals surface area contributed by atoms with E-state index in [0.717, 1.165) is 29.6 Å². The molecule has 118 valence electrons. The standard InChI is InChI=1S/C20H32O/c1-13(21)18-9-10-19-17-8-7-14-5-3-4-6-15(14)16(17)11-12-20(18,19)2/h14-19H,3-12H2,1-2H3/t14-,15-,16+,17+,18+,19-,20?/m0/s1. The minimum Gasteiger partial charge on any atom is -0.300 e. The van der Waals surface area contributed by atoms with Crippen molar-refractivity contribution in [2.75, 3.05) is 0 Å². The lowest BCUT2D eigenvalue weighted by atomic mass is 9.49. The van der Waals surface area contributed by atoms with Crippen LogP contribution in [-0.4, -0.2) is 5.78 Å². The molecule has 0 aliphatic heterocycles. The molecule has 4 aliphatic rings. The van der Waals surface area contributed by atoms with Crippen molar-refractivity contribution in [3.8, 4) is 0 Å². The molecule has 0 amide bonds. The summed E-state index contributed by atoms with van der Waals surface area (Å²) in [6.07, 6.45) is 14.3. The minimum absolute atomic E-state index is 0.356. The zero-order valence-electron chi connectivity index (χ0n) is 13.9. The number of Topliss-reactive ketones (excluding diaryl/α,β-unsaturated/α-hetero) is 1. The number of carbonyl (C=O) groups is 1. The summed E-state index contributed by atoms with van der Waals surface area (Å²) in [5, 5.41) is 0. The Hall–Kier alpha value is -0.330. The molecule has 7 atom stereocenters. The van der Waals surface area contributed by atoms with Crippen LogP contribution in [-0.2, 0) is 4.79 Å². The lowest BCUT2D eigenvalue weighted by Gasteiger charge is -2.55. The number of ketones is 1. The number of carbonyl (C=O) groups excluding carboxylic acids is 1. The molecule has 4 aliphatic carbocycles. The molecule has 0 spiro atoms. The van der Waals surface area contributed by atoms with Gasteiger partial charge in [-0.15, -0.1) is 0 Å². The van der Waals surface area contributed by atoms with Crippen molar-refractivity contribution in [3.63, 3.8) is 0 Å². The van der Waals surface area contributed by atoms with Gasteiger partial charge in [0.15, 0.2) is 0 Å². The highest BCUT2D eigenvalue weighted by Crippen LogP contribution is 2.64. The average molecular weight is 288 g/mol. The van der Waals surface area contributed by atoms with Gasteiger partial charge in [-0.25, -0.2) is 0 Å². The van der Waals surface area contributed by atoms with Crippen LogP contribution in [0.2, 0.25) is 0 Å². The van der Waals surface area contributed by atoms with Crippen molar-refractivity contribution in [2.45, 2.75) is 78.1 Å². The van der Waals surface area contributed by atoms with Crippen LogP contribution in [0.3, 0.4) is 0 Å². The van der Waals surface area contributed by atoms with Gasteiger partial charge in [0.05, 0.1) is 0 Å². The fourth-order valence-corrected chi connectivity index (χ4v) is 7.50. The third kappa shape index (κ3) is 2.05. The fraction of sp³-hybridized carbons (Fsp3) is 0.950. The average Bonchev–Trinajstić information content (AvgIpc) is 2.84. The van der Waals surface area contributed by atoms with Gasteiger partial charge in [-0.1, -0.05) is 26.2 Å². The highest BCUT2D eigenvalue weighted by atomic mass is 16.1. The summed E-state index contributed by atoms with van der Waals surface area (Å²) in [5.74, 6) is 5.83. The third-order valence-electron chi connectivity index (χ3n) is 8.37. The number of hydrogen-bond acceptors (Lipinski definition) is 1. The molecule has 1 nitrogen and oxygen atoms in total. The smallest absolute Gasteiger partial charge is 0.133 e. The van der Waals surface area contributed by atoms with Crippen LogP contribution >= 0.6 is 0 Å². The normalized spacial score (nSPS) is 52.7. The first-order chi connectivity index (χ1) is 10.1. The molecule has 1 unspecified atom stereocenters. The van der Waals surface area contributed by atoms with E-state index in [1.54, 1.807) is 0 Å². The van der Waals surface area contributed by atoms with Crippen LogP contribution in [0.4, 0.5) is 0 Å². The molecule has 21 heavy (non-hydrogen) atoms. The Kier molecular flexibility index (Phi) is 3.47. The molecular weight excluding hydrogens is 256 g/mol. The van der Waals surface area contributed by atoms with Crippen LogP contribution < -0.4 is 0 Å². The summed E-state index contributed by atoms with van der Waals surface area (Å²) < 4.78 is 0. The van der Waals surface area contributed by atoms with E-state index in [1.807, 2.05) is 6.92 Å². The van der Waals surface area contributed by atoms with Crippen molar-refractivity contribution in [3.05, 3.63) is 0 Å². The van der Waals surface area contributed by atoms with E-state index in [1.165, 1.54) is 64.2 Å². The Morgan fingerprint density at radius 3 is 2.48 bits per heavy atom. The van der Waals surface area contributed by atoms with Gasteiger partial charge in [-0.05, 0) is 86.9 Å². The molecule has 1 heteroatoms. The van der Waals surface area contributed by atoms with E-state index in [-0.39, 0.29) is 0 Å². The van der Waals surface area contributed by atoms with E-state index < -0.39 is 0 Å². The van der Waals surface area contributed by atoms with Crippen molar-refractivity contribution in [2.24, 2.45) is 40.9 Å². The zero-order valence-corrected chi connectivity index (χ0v) is 13.9. The van der Waals surface area contributed by atoms with Gasteiger partial charge in [0.1, 0.15) is 5.78 Å². The third-order valence-corrected chi connectivity index (χ3v) is 8.37. The molecule has 0 aromatic rings.